The second kappa shape index (κ2) is 8.87. The molecule has 6 heteroatoms. The molecule has 5 nitrogen and oxygen atoms in total. The van der Waals surface area contributed by atoms with Crippen LogP contribution in [0.5, 0.6) is 11.5 Å². The van der Waals surface area contributed by atoms with Crippen LogP contribution in [-0.4, -0.2) is 17.2 Å². The summed E-state index contributed by atoms with van der Waals surface area (Å²) in [5, 5.41) is 14.2. The minimum Gasteiger partial charge on any atom is -0.507 e. The van der Waals surface area contributed by atoms with E-state index in [1.165, 1.54) is 18.3 Å². The van der Waals surface area contributed by atoms with Crippen molar-refractivity contribution in [3.63, 3.8) is 0 Å². The van der Waals surface area contributed by atoms with E-state index in [0.717, 1.165) is 11.1 Å². The van der Waals surface area contributed by atoms with Gasteiger partial charge in [-0.15, -0.1) is 0 Å². The lowest BCUT2D eigenvalue weighted by atomic mass is 10.2. The zero-order valence-electron chi connectivity index (χ0n) is 14.3. The molecule has 0 saturated heterocycles. The minimum atomic E-state index is -0.490. The van der Waals surface area contributed by atoms with Crippen LogP contribution in [-0.2, 0) is 6.61 Å². The SMILES string of the molecule is O=C(N/N=C\c1cccc(OCc2ccccc2Cl)c1)c1ccccc1O. The Balaban J connectivity index is 1.60. The van der Waals surface area contributed by atoms with Crippen LogP contribution in [0, 0.1) is 0 Å². The molecular formula is C21H17ClN2O3. The van der Waals surface area contributed by atoms with E-state index in [2.05, 4.69) is 10.5 Å². The number of nitrogens with zero attached hydrogens (tertiary/aromatic N) is 1. The van der Waals surface area contributed by atoms with Crippen molar-refractivity contribution in [3.8, 4) is 11.5 Å². The molecule has 0 saturated carbocycles. The summed E-state index contributed by atoms with van der Waals surface area (Å²) >= 11 is 6.12. The van der Waals surface area contributed by atoms with Gasteiger partial charge in [0.2, 0.25) is 0 Å². The van der Waals surface area contributed by atoms with Crippen LogP contribution in [0.3, 0.4) is 0 Å². The summed E-state index contributed by atoms with van der Waals surface area (Å²) in [5.74, 6) is 0.0709. The topological polar surface area (TPSA) is 70.9 Å². The molecule has 0 aliphatic heterocycles. The normalized spacial score (nSPS) is 10.7. The van der Waals surface area contributed by atoms with Gasteiger partial charge >= 0.3 is 0 Å². The van der Waals surface area contributed by atoms with E-state index in [1.807, 2.05) is 42.5 Å². The van der Waals surface area contributed by atoms with Gasteiger partial charge in [-0.25, -0.2) is 5.43 Å². The maximum Gasteiger partial charge on any atom is 0.275 e. The molecule has 0 radical (unpaired) electrons. The van der Waals surface area contributed by atoms with E-state index in [4.69, 9.17) is 16.3 Å². The number of phenols is 1. The third kappa shape index (κ3) is 5.09. The third-order valence-electron chi connectivity index (χ3n) is 3.74. The Bertz CT molecular complexity index is 973. The lowest BCUT2D eigenvalue weighted by molar-refractivity contribution is 0.0952. The quantitative estimate of drug-likeness (QED) is 0.492. The van der Waals surface area contributed by atoms with Crippen molar-refractivity contribution in [1.82, 2.24) is 5.43 Å². The monoisotopic (exact) mass is 380 g/mol. The number of carbonyl (C=O) groups is 1. The van der Waals surface area contributed by atoms with Gasteiger partial charge in [0.05, 0.1) is 11.8 Å². The number of hydrazone groups is 1. The van der Waals surface area contributed by atoms with Crippen LogP contribution >= 0.6 is 11.6 Å². The van der Waals surface area contributed by atoms with E-state index in [-0.39, 0.29) is 11.3 Å². The predicted octanol–water partition coefficient (Wildman–Crippen LogP) is 4.39. The Kier molecular flexibility index (Phi) is 6.07. The number of amides is 1. The molecule has 0 spiro atoms. The number of hydrogen-bond acceptors (Lipinski definition) is 4. The number of ether oxygens (including phenoxy) is 1. The van der Waals surface area contributed by atoms with Crippen molar-refractivity contribution in [2.45, 2.75) is 6.61 Å². The number of halogens is 1. The fourth-order valence-corrected chi connectivity index (χ4v) is 2.54. The molecule has 0 aromatic heterocycles. The second-order valence-corrected chi connectivity index (χ2v) is 6.08. The molecule has 27 heavy (non-hydrogen) atoms. The summed E-state index contributed by atoms with van der Waals surface area (Å²) in [6.07, 6.45) is 1.50. The molecule has 0 aliphatic rings. The molecule has 2 N–H and O–H groups in total. The fraction of sp³-hybridized carbons (Fsp3) is 0.0476. The number of carbonyl (C=O) groups excluding carboxylic acids is 1. The third-order valence-corrected chi connectivity index (χ3v) is 4.11. The van der Waals surface area contributed by atoms with Crippen molar-refractivity contribution in [1.29, 1.82) is 0 Å². The number of para-hydroxylation sites is 1. The van der Waals surface area contributed by atoms with Gasteiger partial charge in [-0.2, -0.15) is 5.10 Å². The van der Waals surface area contributed by atoms with Gasteiger partial charge < -0.3 is 9.84 Å². The summed E-state index contributed by atoms with van der Waals surface area (Å²) in [7, 11) is 0. The highest BCUT2D eigenvalue weighted by Gasteiger charge is 2.08. The molecule has 0 bridgehead atoms. The summed E-state index contributed by atoms with van der Waals surface area (Å²) in [4.78, 5) is 12.0. The van der Waals surface area contributed by atoms with Gasteiger partial charge in [0, 0.05) is 10.6 Å². The van der Waals surface area contributed by atoms with Gasteiger partial charge in [-0.05, 0) is 35.9 Å². The lowest BCUT2D eigenvalue weighted by Gasteiger charge is -2.08. The van der Waals surface area contributed by atoms with Gasteiger partial charge in [-0.1, -0.05) is 54.1 Å². The minimum absolute atomic E-state index is 0.0971. The Morgan fingerprint density at radius 3 is 2.67 bits per heavy atom. The van der Waals surface area contributed by atoms with E-state index in [1.54, 1.807) is 18.2 Å². The molecule has 1 amide bonds. The van der Waals surface area contributed by atoms with Crippen molar-refractivity contribution in [3.05, 3.63) is 94.5 Å². The maximum absolute atomic E-state index is 12.0. The predicted molar refractivity (Wildman–Crippen MR) is 105 cm³/mol. The van der Waals surface area contributed by atoms with E-state index < -0.39 is 5.91 Å². The van der Waals surface area contributed by atoms with E-state index in [0.29, 0.717) is 17.4 Å². The van der Waals surface area contributed by atoms with E-state index >= 15 is 0 Å². The largest absolute Gasteiger partial charge is 0.507 e. The molecule has 3 rings (SSSR count). The average Bonchev–Trinajstić information content (AvgIpc) is 2.68. The van der Waals surface area contributed by atoms with Gasteiger partial charge in [-0.3, -0.25) is 4.79 Å². The number of rotatable bonds is 6. The highest BCUT2D eigenvalue weighted by Crippen LogP contribution is 2.19. The molecule has 0 fully saturated rings. The molecule has 0 atom stereocenters. The van der Waals surface area contributed by atoms with Crippen LogP contribution in [0.1, 0.15) is 21.5 Å². The molecular weight excluding hydrogens is 364 g/mol. The van der Waals surface area contributed by atoms with Crippen LogP contribution < -0.4 is 10.2 Å². The van der Waals surface area contributed by atoms with Gasteiger partial charge in [0.1, 0.15) is 18.1 Å². The summed E-state index contributed by atoms with van der Waals surface area (Å²) in [5.41, 5.74) is 4.19. The van der Waals surface area contributed by atoms with Crippen molar-refractivity contribution >= 4 is 23.7 Å². The van der Waals surface area contributed by atoms with Crippen LogP contribution in [0.2, 0.25) is 5.02 Å². The molecule has 0 unspecified atom stereocenters. The van der Waals surface area contributed by atoms with Crippen LogP contribution in [0.25, 0.3) is 0 Å². The Morgan fingerprint density at radius 2 is 1.85 bits per heavy atom. The van der Waals surface area contributed by atoms with Crippen LogP contribution in [0.15, 0.2) is 77.9 Å². The number of nitrogens with one attached hydrogen (secondary N) is 1. The fourth-order valence-electron chi connectivity index (χ4n) is 2.35. The second-order valence-electron chi connectivity index (χ2n) is 5.67. The Hall–Kier alpha value is -3.31. The number of benzene rings is 3. The first-order valence-corrected chi connectivity index (χ1v) is 8.59. The molecule has 0 aliphatic carbocycles. The van der Waals surface area contributed by atoms with Crippen molar-refractivity contribution < 1.29 is 14.6 Å². The molecule has 3 aromatic carbocycles. The average molecular weight is 381 g/mol. The molecule has 3 aromatic rings. The first-order chi connectivity index (χ1) is 13.1. The zero-order valence-corrected chi connectivity index (χ0v) is 15.1. The lowest BCUT2D eigenvalue weighted by Crippen LogP contribution is -2.17. The zero-order chi connectivity index (χ0) is 19.1. The molecule has 136 valence electrons. The molecule has 0 heterocycles. The summed E-state index contributed by atoms with van der Waals surface area (Å²) in [6.45, 7) is 0.351. The van der Waals surface area contributed by atoms with Crippen molar-refractivity contribution in [2.24, 2.45) is 5.10 Å². The van der Waals surface area contributed by atoms with Crippen molar-refractivity contribution in [2.75, 3.05) is 0 Å². The van der Waals surface area contributed by atoms with Gasteiger partial charge in [0.15, 0.2) is 0 Å². The standard InChI is InChI=1S/C21H17ClN2O3/c22-19-10-3-1-7-16(19)14-27-17-8-5-6-15(12-17)13-23-24-21(26)18-9-2-4-11-20(18)25/h1-13,25H,14H2,(H,24,26)/b23-13-. The summed E-state index contributed by atoms with van der Waals surface area (Å²) < 4.78 is 5.76. The first kappa shape index (κ1) is 18.5. The Morgan fingerprint density at radius 1 is 1.07 bits per heavy atom. The van der Waals surface area contributed by atoms with Crippen LogP contribution in [0.4, 0.5) is 0 Å². The number of hydrogen-bond donors (Lipinski definition) is 2. The van der Waals surface area contributed by atoms with Gasteiger partial charge in [0.25, 0.3) is 5.91 Å². The first-order valence-electron chi connectivity index (χ1n) is 8.21. The van der Waals surface area contributed by atoms with E-state index in [9.17, 15) is 9.90 Å². The smallest absolute Gasteiger partial charge is 0.275 e. The number of phenolic OH excluding ortho intramolecular Hbond substituents is 1. The highest BCUT2D eigenvalue weighted by molar-refractivity contribution is 6.31. The highest BCUT2D eigenvalue weighted by atomic mass is 35.5. The Labute approximate surface area is 161 Å². The number of aromatic hydroxyl groups is 1. The maximum atomic E-state index is 12.0. The summed E-state index contributed by atoms with van der Waals surface area (Å²) in [6, 6.07) is 21.0.